The Balaban J connectivity index is 1.30. The van der Waals surface area contributed by atoms with E-state index in [1.165, 1.54) is 0 Å². The number of carbonyl (C=O) groups is 1. The van der Waals surface area contributed by atoms with Crippen molar-refractivity contribution in [3.8, 4) is 46.0 Å². The molecule has 2 aliphatic rings. The molecule has 8 nitrogen and oxygen atoms in total. The lowest BCUT2D eigenvalue weighted by atomic mass is 10.0. The van der Waals surface area contributed by atoms with E-state index in [0.29, 0.717) is 19.0 Å². The van der Waals surface area contributed by atoms with Crippen molar-refractivity contribution in [2.75, 3.05) is 26.8 Å². The van der Waals surface area contributed by atoms with E-state index >= 15 is 0 Å². The van der Waals surface area contributed by atoms with Crippen molar-refractivity contribution in [2.45, 2.75) is 25.4 Å². The van der Waals surface area contributed by atoms with Crippen molar-refractivity contribution in [3.63, 3.8) is 0 Å². The van der Waals surface area contributed by atoms with Crippen molar-refractivity contribution < 1.29 is 14.3 Å². The van der Waals surface area contributed by atoms with Crippen LogP contribution in [0.3, 0.4) is 0 Å². The molecule has 0 saturated carbocycles. The molecular formula is C29H27N5O3. The van der Waals surface area contributed by atoms with E-state index in [1.807, 2.05) is 39.7 Å². The topological polar surface area (TPSA) is 81.0 Å². The summed E-state index contributed by atoms with van der Waals surface area (Å²) in [6, 6.07) is 20.4. The minimum atomic E-state index is -0.103. The number of nitrogens with one attached hydrogen (secondary N) is 1. The average Bonchev–Trinajstić information content (AvgIpc) is 3.66. The number of fused-ring (bicyclic) bond motifs is 2. The van der Waals surface area contributed by atoms with Crippen molar-refractivity contribution in [1.29, 1.82) is 0 Å². The molecule has 0 aliphatic carbocycles. The Morgan fingerprint density at radius 3 is 2.81 bits per heavy atom. The monoisotopic (exact) mass is 493 g/mol. The Morgan fingerprint density at radius 1 is 1.14 bits per heavy atom. The zero-order valence-corrected chi connectivity index (χ0v) is 20.8. The molecule has 186 valence electrons. The van der Waals surface area contributed by atoms with Gasteiger partial charge in [-0.05, 0) is 31.4 Å². The number of nitrogens with zero attached hydrogens (tertiary/aromatic N) is 4. The van der Waals surface area contributed by atoms with Crippen LogP contribution in [-0.2, 0) is 4.79 Å². The third-order valence-corrected chi connectivity index (χ3v) is 6.92. The molecular weight excluding hydrogens is 466 g/mol. The largest absolute Gasteiger partial charge is 0.491 e. The molecule has 37 heavy (non-hydrogen) atoms. The molecule has 2 atom stereocenters. The van der Waals surface area contributed by atoms with Gasteiger partial charge in [0, 0.05) is 41.9 Å². The van der Waals surface area contributed by atoms with Gasteiger partial charge >= 0.3 is 0 Å². The second kappa shape index (κ2) is 9.60. The summed E-state index contributed by atoms with van der Waals surface area (Å²) < 4.78 is 13.3. The average molecular weight is 494 g/mol. The highest BCUT2D eigenvalue weighted by Crippen LogP contribution is 2.39. The van der Waals surface area contributed by atoms with Crippen LogP contribution < -0.4 is 14.8 Å². The Bertz CT molecular complexity index is 1540. The lowest BCUT2D eigenvalue weighted by Gasteiger charge is -2.18. The molecule has 8 heteroatoms. The number of hydrogen-bond acceptors (Lipinski definition) is 6. The van der Waals surface area contributed by atoms with Gasteiger partial charge in [0.25, 0.3) is 5.91 Å². The van der Waals surface area contributed by atoms with Gasteiger partial charge in [-0.2, -0.15) is 0 Å². The maximum absolute atomic E-state index is 12.1. The van der Waals surface area contributed by atoms with Crippen molar-refractivity contribution in [2.24, 2.45) is 0 Å². The highest BCUT2D eigenvalue weighted by molar-refractivity contribution is 5.93. The molecule has 1 fully saturated rings. The summed E-state index contributed by atoms with van der Waals surface area (Å²) in [6.45, 7) is 3.62. The summed E-state index contributed by atoms with van der Waals surface area (Å²) in [5, 5.41) is 8.32. The maximum atomic E-state index is 12.1. The van der Waals surface area contributed by atoms with Crippen molar-refractivity contribution >= 4 is 11.6 Å². The van der Waals surface area contributed by atoms with Crippen LogP contribution in [-0.4, -0.2) is 58.3 Å². The SMILES string of the molecule is CC#CC(=O)N1CCC(N[C@H]2COc3cc(-c4nc5ccc(OC)nn5c4-c4ccccc4)ccc32)C1. The van der Waals surface area contributed by atoms with Crippen LogP contribution in [0.5, 0.6) is 11.6 Å². The van der Waals surface area contributed by atoms with Crippen LogP contribution in [0.15, 0.2) is 60.7 Å². The Labute approximate surface area is 215 Å². The van der Waals surface area contributed by atoms with E-state index in [0.717, 1.165) is 52.4 Å². The molecule has 1 amide bonds. The van der Waals surface area contributed by atoms with Crippen molar-refractivity contribution in [1.82, 2.24) is 24.8 Å². The highest BCUT2D eigenvalue weighted by Gasteiger charge is 2.31. The second-order valence-electron chi connectivity index (χ2n) is 9.22. The maximum Gasteiger partial charge on any atom is 0.298 e. The van der Waals surface area contributed by atoms with E-state index in [-0.39, 0.29) is 18.0 Å². The quantitative estimate of drug-likeness (QED) is 0.427. The number of imidazole rings is 1. The molecule has 2 aromatic carbocycles. The third-order valence-electron chi connectivity index (χ3n) is 6.92. The minimum absolute atomic E-state index is 0.0713. The lowest BCUT2D eigenvalue weighted by molar-refractivity contribution is -0.124. The number of methoxy groups -OCH3 is 1. The van der Waals surface area contributed by atoms with Gasteiger partial charge in [0.2, 0.25) is 5.88 Å². The first-order valence-electron chi connectivity index (χ1n) is 12.4. The molecule has 4 heterocycles. The van der Waals surface area contributed by atoms with E-state index in [4.69, 9.17) is 14.5 Å². The number of aromatic nitrogens is 3. The van der Waals surface area contributed by atoms with Gasteiger partial charge in [-0.3, -0.25) is 4.79 Å². The van der Waals surface area contributed by atoms with Gasteiger partial charge in [-0.15, -0.1) is 5.10 Å². The third kappa shape index (κ3) is 4.28. The van der Waals surface area contributed by atoms with Gasteiger partial charge in [0.15, 0.2) is 5.65 Å². The Kier molecular flexibility index (Phi) is 5.99. The van der Waals surface area contributed by atoms with Gasteiger partial charge < -0.3 is 19.7 Å². The first-order valence-corrected chi connectivity index (χ1v) is 12.4. The second-order valence-corrected chi connectivity index (χ2v) is 9.22. The lowest BCUT2D eigenvalue weighted by Crippen LogP contribution is -2.37. The predicted molar refractivity (Wildman–Crippen MR) is 140 cm³/mol. The fraction of sp³-hybridized carbons (Fsp3) is 0.276. The van der Waals surface area contributed by atoms with E-state index in [9.17, 15) is 4.79 Å². The summed E-state index contributed by atoms with van der Waals surface area (Å²) in [7, 11) is 1.61. The minimum Gasteiger partial charge on any atom is -0.491 e. The number of amides is 1. The fourth-order valence-corrected chi connectivity index (χ4v) is 5.13. The number of hydrogen-bond donors (Lipinski definition) is 1. The number of rotatable bonds is 5. The fourth-order valence-electron chi connectivity index (χ4n) is 5.13. The highest BCUT2D eigenvalue weighted by atomic mass is 16.5. The molecule has 0 radical (unpaired) electrons. The molecule has 0 spiro atoms. The summed E-state index contributed by atoms with van der Waals surface area (Å²) in [5.41, 5.74) is 5.55. The van der Waals surface area contributed by atoms with Gasteiger partial charge in [-0.1, -0.05) is 48.4 Å². The smallest absolute Gasteiger partial charge is 0.298 e. The van der Waals surface area contributed by atoms with Crippen LogP contribution in [0, 0.1) is 11.8 Å². The molecule has 2 aliphatic heterocycles. The summed E-state index contributed by atoms with van der Waals surface area (Å²) in [6.07, 6.45) is 0.902. The van der Waals surface area contributed by atoms with Crippen LogP contribution in [0.1, 0.15) is 24.9 Å². The zero-order valence-electron chi connectivity index (χ0n) is 20.8. The van der Waals surface area contributed by atoms with E-state index < -0.39 is 0 Å². The van der Waals surface area contributed by atoms with Crippen molar-refractivity contribution in [3.05, 3.63) is 66.2 Å². The van der Waals surface area contributed by atoms with Crippen LogP contribution >= 0.6 is 0 Å². The molecule has 6 rings (SSSR count). The molecule has 1 saturated heterocycles. The van der Waals surface area contributed by atoms with Gasteiger partial charge in [0.05, 0.1) is 18.8 Å². The van der Waals surface area contributed by atoms with E-state index in [1.54, 1.807) is 14.0 Å². The summed E-state index contributed by atoms with van der Waals surface area (Å²) >= 11 is 0. The summed E-state index contributed by atoms with van der Waals surface area (Å²) in [4.78, 5) is 18.8. The Morgan fingerprint density at radius 2 is 2.00 bits per heavy atom. The standard InChI is InChI=1S/C29H27N5O3/c1-3-7-27(35)33-15-14-21(17-33)30-23-18-37-24-16-20(10-11-22(23)24)28-29(19-8-5-4-6-9-19)34-25(31-28)12-13-26(32-34)36-2/h4-6,8-13,16,21,23,30H,14-15,17-18H2,1-2H3/t21?,23-/m0/s1. The molecule has 1 N–H and O–H groups in total. The first-order chi connectivity index (χ1) is 18.1. The molecule has 0 bridgehead atoms. The number of likely N-dealkylation sites (tertiary alicyclic amines) is 1. The first kappa shape index (κ1) is 23.1. The Hall–Kier alpha value is -4.35. The molecule has 2 aromatic heterocycles. The van der Waals surface area contributed by atoms with E-state index in [2.05, 4.69) is 52.6 Å². The number of carbonyl (C=O) groups excluding carboxylic acids is 1. The van der Waals surface area contributed by atoms with Crippen LogP contribution in [0.2, 0.25) is 0 Å². The van der Waals surface area contributed by atoms with Crippen LogP contribution in [0.4, 0.5) is 0 Å². The van der Waals surface area contributed by atoms with Crippen LogP contribution in [0.25, 0.3) is 28.2 Å². The summed E-state index contributed by atoms with van der Waals surface area (Å²) in [5.74, 6) is 6.60. The number of ether oxygens (including phenoxy) is 2. The predicted octanol–water partition coefficient (Wildman–Crippen LogP) is 3.72. The molecule has 1 unspecified atom stereocenters. The zero-order chi connectivity index (χ0) is 25.4. The van der Waals surface area contributed by atoms with Gasteiger partial charge in [-0.25, -0.2) is 9.50 Å². The number of benzene rings is 2. The molecule has 4 aromatic rings. The van der Waals surface area contributed by atoms with Gasteiger partial charge in [0.1, 0.15) is 18.1 Å². The normalized spacial score (nSPS) is 18.3.